The first kappa shape index (κ1) is 24.4. The molecule has 0 unspecified atom stereocenters. The van der Waals surface area contributed by atoms with Gasteiger partial charge in [-0.15, -0.1) is 0 Å². The average Bonchev–Trinajstić information content (AvgIpc) is 2.68. The van der Waals surface area contributed by atoms with Crippen LogP contribution >= 0.6 is 0 Å². The molecule has 0 fully saturated rings. The summed E-state index contributed by atoms with van der Waals surface area (Å²) in [6, 6.07) is 9.48. The summed E-state index contributed by atoms with van der Waals surface area (Å²) in [5.74, 6) is -0.950. The third kappa shape index (κ3) is 5.64. The number of aryl methyl sites for hydroxylation is 2. The molecule has 0 aliphatic heterocycles. The van der Waals surface area contributed by atoms with E-state index in [0.29, 0.717) is 22.5 Å². The van der Waals surface area contributed by atoms with E-state index in [-0.39, 0.29) is 13.0 Å². The van der Waals surface area contributed by atoms with Gasteiger partial charge in [-0.05, 0) is 69.0 Å². The number of ether oxygens (including phenoxy) is 1. The van der Waals surface area contributed by atoms with Gasteiger partial charge in [0.2, 0.25) is 15.9 Å². The van der Waals surface area contributed by atoms with Crippen LogP contribution in [0.25, 0.3) is 0 Å². The summed E-state index contributed by atoms with van der Waals surface area (Å²) >= 11 is 0. The van der Waals surface area contributed by atoms with E-state index in [1.165, 1.54) is 4.31 Å². The number of rotatable bonds is 8. The van der Waals surface area contributed by atoms with Crippen molar-refractivity contribution < 1.29 is 22.7 Å². The van der Waals surface area contributed by atoms with Gasteiger partial charge >= 0.3 is 5.97 Å². The van der Waals surface area contributed by atoms with Gasteiger partial charge in [0.05, 0.1) is 24.1 Å². The minimum absolute atomic E-state index is 0.242. The second kappa shape index (κ2) is 9.96. The van der Waals surface area contributed by atoms with E-state index in [4.69, 9.17) is 4.74 Å². The molecule has 0 saturated heterocycles. The second-order valence-electron chi connectivity index (χ2n) is 7.46. The molecule has 2 aromatic carbocycles. The number of nitrogens with one attached hydrogen (secondary N) is 1. The third-order valence-corrected chi connectivity index (χ3v) is 6.18. The highest BCUT2D eigenvalue weighted by atomic mass is 32.2. The van der Waals surface area contributed by atoms with Gasteiger partial charge in [0.1, 0.15) is 6.04 Å². The highest BCUT2D eigenvalue weighted by Crippen LogP contribution is 2.28. The van der Waals surface area contributed by atoms with Crippen LogP contribution in [0.4, 0.5) is 11.4 Å². The lowest BCUT2D eigenvalue weighted by Gasteiger charge is -2.31. The minimum Gasteiger partial charge on any atom is -0.462 e. The highest BCUT2D eigenvalue weighted by molar-refractivity contribution is 7.92. The largest absolute Gasteiger partial charge is 0.462 e. The molecule has 1 atom stereocenters. The molecule has 0 aliphatic rings. The lowest BCUT2D eigenvalue weighted by molar-refractivity contribution is -0.117. The van der Waals surface area contributed by atoms with Crippen molar-refractivity contribution in [3.63, 3.8) is 0 Å². The summed E-state index contributed by atoms with van der Waals surface area (Å²) in [5.41, 5.74) is 3.46. The molecule has 2 aromatic rings. The summed E-state index contributed by atoms with van der Waals surface area (Å²) in [4.78, 5) is 25.4. The quantitative estimate of drug-likeness (QED) is 0.620. The van der Waals surface area contributed by atoms with Crippen LogP contribution in [0.5, 0.6) is 0 Å². The molecule has 7 nitrogen and oxygen atoms in total. The summed E-state index contributed by atoms with van der Waals surface area (Å²) in [6.07, 6.45) is 1.36. The molecule has 1 N–H and O–H groups in total. The monoisotopic (exact) mass is 446 g/mol. The summed E-state index contributed by atoms with van der Waals surface area (Å²) in [6.45, 7) is 9.11. The van der Waals surface area contributed by atoms with E-state index in [1.807, 2.05) is 26.0 Å². The van der Waals surface area contributed by atoms with Crippen molar-refractivity contribution in [2.45, 2.75) is 47.1 Å². The Morgan fingerprint density at radius 3 is 2.35 bits per heavy atom. The topological polar surface area (TPSA) is 92.8 Å². The van der Waals surface area contributed by atoms with Gasteiger partial charge in [0, 0.05) is 5.69 Å². The predicted octanol–water partition coefficient (Wildman–Crippen LogP) is 3.97. The summed E-state index contributed by atoms with van der Waals surface area (Å²) in [7, 11) is -3.75. The Hall–Kier alpha value is -2.87. The molecule has 1 amide bonds. The molecule has 31 heavy (non-hydrogen) atoms. The molecule has 0 aromatic heterocycles. The molecule has 0 saturated carbocycles. The Kier molecular flexibility index (Phi) is 7.84. The Morgan fingerprint density at radius 2 is 1.77 bits per heavy atom. The van der Waals surface area contributed by atoms with Crippen LogP contribution in [-0.2, 0) is 19.6 Å². The Labute approximate surface area is 184 Å². The molecule has 0 radical (unpaired) electrons. The number of carbonyl (C=O) groups excluding carboxylic acids is 2. The fourth-order valence-corrected chi connectivity index (χ4v) is 4.67. The Balaban J connectivity index is 2.45. The smallest absolute Gasteiger partial charge is 0.338 e. The summed E-state index contributed by atoms with van der Waals surface area (Å²) in [5, 5.41) is 2.80. The normalized spacial score (nSPS) is 12.2. The fourth-order valence-electron chi connectivity index (χ4n) is 3.41. The van der Waals surface area contributed by atoms with Crippen molar-refractivity contribution >= 4 is 33.3 Å². The zero-order valence-corrected chi connectivity index (χ0v) is 19.7. The van der Waals surface area contributed by atoms with Crippen LogP contribution < -0.4 is 9.62 Å². The van der Waals surface area contributed by atoms with Crippen molar-refractivity contribution in [2.24, 2.45) is 0 Å². The van der Waals surface area contributed by atoms with Gasteiger partial charge in [0.25, 0.3) is 0 Å². The lowest BCUT2D eigenvalue weighted by Crippen LogP contribution is -2.47. The Bertz CT molecular complexity index is 1080. The zero-order valence-electron chi connectivity index (χ0n) is 18.9. The number of amides is 1. The molecule has 8 heteroatoms. The van der Waals surface area contributed by atoms with E-state index >= 15 is 0 Å². The Morgan fingerprint density at radius 1 is 1.10 bits per heavy atom. The molecule has 0 bridgehead atoms. The van der Waals surface area contributed by atoms with Gasteiger partial charge < -0.3 is 10.1 Å². The molecule has 0 heterocycles. The second-order valence-corrected chi connectivity index (χ2v) is 9.32. The molecular formula is C23H30N2O5S. The number of hydrogen-bond donors (Lipinski definition) is 1. The summed E-state index contributed by atoms with van der Waals surface area (Å²) < 4.78 is 31.7. The molecule has 168 valence electrons. The molecule has 0 aliphatic carbocycles. The zero-order chi connectivity index (χ0) is 23.3. The molecule has 2 rings (SSSR count). The van der Waals surface area contributed by atoms with Crippen molar-refractivity contribution in [3.8, 4) is 0 Å². The van der Waals surface area contributed by atoms with E-state index < -0.39 is 27.9 Å². The van der Waals surface area contributed by atoms with Gasteiger partial charge in [-0.2, -0.15) is 0 Å². The predicted molar refractivity (Wildman–Crippen MR) is 123 cm³/mol. The van der Waals surface area contributed by atoms with E-state index in [2.05, 4.69) is 5.32 Å². The van der Waals surface area contributed by atoms with Crippen molar-refractivity contribution in [1.29, 1.82) is 0 Å². The standard InChI is InChI=1S/C23H30N2O5S/c1-7-20(25(31(6,28)29)21-14-15(3)12-13-16(21)4)22(26)24-19-11-9-10-18(17(19)5)23(27)30-8-2/h9-14,20H,7-8H2,1-6H3,(H,24,26)/t20-/m0/s1. The first-order valence-corrected chi connectivity index (χ1v) is 12.0. The number of esters is 1. The van der Waals surface area contributed by atoms with Gasteiger partial charge in [-0.1, -0.05) is 25.1 Å². The van der Waals surface area contributed by atoms with Crippen molar-refractivity contribution in [3.05, 3.63) is 58.7 Å². The van der Waals surface area contributed by atoms with Crippen LogP contribution in [-0.4, -0.2) is 39.2 Å². The van der Waals surface area contributed by atoms with Crippen molar-refractivity contribution in [1.82, 2.24) is 0 Å². The van der Waals surface area contributed by atoms with E-state index in [0.717, 1.165) is 17.4 Å². The molecule has 0 spiro atoms. The maximum Gasteiger partial charge on any atom is 0.338 e. The number of carbonyl (C=O) groups is 2. The first-order valence-electron chi connectivity index (χ1n) is 10.2. The fraction of sp³-hybridized carbons (Fsp3) is 0.391. The van der Waals surface area contributed by atoms with Crippen LogP contribution in [0.3, 0.4) is 0 Å². The third-order valence-electron chi connectivity index (χ3n) is 5.02. The molecular weight excluding hydrogens is 416 g/mol. The van der Waals surface area contributed by atoms with E-state index in [9.17, 15) is 18.0 Å². The van der Waals surface area contributed by atoms with Crippen LogP contribution in [0, 0.1) is 20.8 Å². The van der Waals surface area contributed by atoms with Gasteiger partial charge in [-0.25, -0.2) is 13.2 Å². The maximum atomic E-state index is 13.2. The maximum absolute atomic E-state index is 13.2. The van der Waals surface area contributed by atoms with Crippen molar-refractivity contribution in [2.75, 3.05) is 22.5 Å². The van der Waals surface area contributed by atoms with Crippen LogP contribution in [0.1, 0.15) is 47.3 Å². The van der Waals surface area contributed by atoms with Gasteiger partial charge in [0.15, 0.2) is 0 Å². The SMILES string of the molecule is CCOC(=O)c1cccc(NC(=O)[C@H](CC)N(c2cc(C)ccc2C)S(C)(=O)=O)c1C. The number of sulfonamides is 1. The number of nitrogens with zero attached hydrogens (tertiary/aromatic N) is 1. The minimum atomic E-state index is -3.75. The average molecular weight is 447 g/mol. The van der Waals surface area contributed by atoms with Crippen LogP contribution in [0.15, 0.2) is 36.4 Å². The van der Waals surface area contributed by atoms with Gasteiger partial charge in [-0.3, -0.25) is 9.10 Å². The number of hydrogen-bond acceptors (Lipinski definition) is 5. The highest BCUT2D eigenvalue weighted by Gasteiger charge is 2.33. The van der Waals surface area contributed by atoms with Crippen LogP contribution in [0.2, 0.25) is 0 Å². The van der Waals surface area contributed by atoms with E-state index in [1.54, 1.807) is 45.0 Å². The lowest BCUT2D eigenvalue weighted by atomic mass is 10.1. The first-order chi connectivity index (χ1) is 14.5. The number of benzene rings is 2. The number of anilines is 2.